The summed E-state index contributed by atoms with van der Waals surface area (Å²) in [7, 11) is 1.10. The third kappa shape index (κ3) is 2.22. The van der Waals surface area contributed by atoms with Crippen LogP contribution in [0.25, 0.3) is 0 Å². The van der Waals surface area contributed by atoms with Gasteiger partial charge in [0, 0.05) is 6.08 Å². The number of aliphatic hydroxyl groups excluding tert-OH is 1. The summed E-state index contributed by atoms with van der Waals surface area (Å²) in [5, 5.41) is 9.01. The number of methoxy groups -OCH3 is 1. The van der Waals surface area contributed by atoms with E-state index in [0.29, 0.717) is 0 Å². The van der Waals surface area contributed by atoms with Gasteiger partial charge in [0.2, 0.25) is 11.5 Å². The molecule has 0 atom stereocenters. The van der Waals surface area contributed by atoms with E-state index in [4.69, 9.17) is 9.52 Å². The minimum atomic E-state index is -0.968. The van der Waals surface area contributed by atoms with Crippen molar-refractivity contribution in [1.29, 1.82) is 0 Å². The van der Waals surface area contributed by atoms with Gasteiger partial charge in [0.15, 0.2) is 5.76 Å². The van der Waals surface area contributed by atoms with Gasteiger partial charge >= 0.3 is 5.97 Å². The maximum absolute atomic E-state index is 11.2. The molecule has 0 fully saturated rings. The van der Waals surface area contributed by atoms with Gasteiger partial charge in [0.05, 0.1) is 13.4 Å². The lowest BCUT2D eigenvalue weighted by atomic mass is 10.2. The number of hydrogen-bond donors (Lipinski definition) is 1. The molecule has 1 N–H and O–H groups in total. The van der Waals surface area contributed by atoms with E-state index in [-0.39, 0.29) is 5.76 Å². The minimum absolute atomic E-state index is 0.0421. The third-order valence-corrected chi connectivity index (χ3v) is 1.43. The molecular formula is C9H8O5. The Morgan fingerprint density at radius 2 is 2.29 bits per heavy atom. The van der Waals surface area contributed by atoms with Crippen LogP contribution in [0, 0.1) is 0 Å². The molecule has 1 aromatic rings. The average molecular weight is 196 g/mol. The largest absolute Gasteiger partial charge is 0.502 e. The first kappa shape index (κ1) is 10.0. The maximum Gasteiger partial charge on any atom is 0.373 e. The fourth-order valence-corrected chi connectivity index (χ4v) is 0.778. The summed E-state index contributed by atoms with van der Waals surface area (Å²) in [5.74, 6) is -2.28. The Balaban J connectivity index is 2.78. The van der Waals surface area contributed by atoms with Crippen LogP contribution >= 0.6 is 0 Å². The normalized spacial score (nSPS) is 11.1. The first-order valence-electron chi connectivity index (χ1n) is 3.72. The monoisotopic (exact) mass is 196 g/mol. The Hall–Kier alpha value is -2.04. The van der Waals surface area contributed by atoms with Crippen LogP contribution in [-0.2, 0) is 9.53 Å². The van der Waals surface area contributed by atoms with Gasteiger partial charge in [-0.1, -0.05) is 0 Å². The summed E-state index contributed by atoms with van der Waals surface area (Å²) in [6.07, 6.45) is 2.06. The van der Waals surface area contributed by atoms with Crippen LogP contribution in [0.4, 0.5) is 0 Å². The Bertz CT molecular complexity index is 361. The molecule has 5 nitrogen and oxygen atoms in total. The maximum atomic E-state index is 11.2. The van der Waals surface area contributed by atoms with Crippen LogP contribution in [-0.4, -0.2) is 24.0 Å². The first-order valence-corrected chi connectivity index (χ1v) is 3.72. The predicted octanol–water partition coefficient (Wildman–Crippen LogP) is 1.08. The molecule has 1 aromatic heterocycles. The fourth-order valence-electron chi connectivity index (χ4n) is 0.778. The lowest BCUT2D eigenvalue weighted by Gasteiger charge is -1.95. The molecule has 0 aliphatic carbocycles. The van der Waals surface area contributed by atoms with Gasteiger partial charge < -0.3 is 14.3 Å². The Labute approximate surface area is 79.6 Å². The van der Waals surface area contributed by atoms with Crippen LogP contribution in [0.15, 0.2) is 34.6 Å². The predicted molar refractivity (Wildman–Crippen MR) is 45.8 cm³/mol. The van der Waals surface area contributed by atoms with Crippen LogP contribution in [0.2, 0.25) is 0 Å². The molecule has 0 radical (unpaired) electrons. The van der Waals surface area contributed by atoms with Gasteiger partial charge in [0.1, 0.15) is 0 Å². The van der Waals surface area contributed by atoms with Crippen molar-refractivity contribution < 1.29 is 23.8 Å². The smallest absolute Gasteiger partial charge is 0.373 e. The molecule has 14 heavy (non-hydrogen) atoms. The van der Waals surface area contributed by atoms with Crippen molar-refractivity contribution in [2.24, 2.45) is 0 Å². The van der Waals surface area contributed by atoms with Gasteiger partial charge in [0.25, 0.3) is 0 Å². The van der Waals surface area contributed by atoms with E-state index in [1.807, 2.05) is 0 Å². The number of ketones is 1. The number of hydrogen-bond acceptors (Lipinski definition) is 5. The molecule has 0 aromatic carbocycles. The van der Waals surface area contributed by atoms with Crippen molar-refractivity contribution in [2.45, 2.75) is 0 Å². The number of allylic oxidation sites excluding steroid dienone is 1. The topological polar surface area (TPSA) is 76.7 Å². The van der Waals surface area contributed by atoms with Crippen molar-refractivity contribution in [2.75, 3.05) is 7.11 Å². The summed E-state index contributed by atoms with van der Waals surface area (Å²) >= 11 is 0. The van der Waals surface area contributed by atoms with Crippen LogP contribution in [0.3, 0.4) is 0 Å². The highest BCUT2D eigenvalue weighted by atomic mass is 16.5. The Morgan fingerprint density at radius 3 is 2.79 bits per heavy atom. The lowest BCUT2D eigenvalue weighted by Crippen LogP contribution is -2.06. The molecule has 0 spiro atoms. The molecule has 0 aliphatic rings. The Kier molecular flexibility index (Phi) is 3.06. The number of esters is 1. The second-order valence-electron chi connectivity index (χ2n) is 2.36. The molecule has 0 bridgehead atoms. The standard InChI is InChI=1S/C9H8O5/c1-13-9(12)7(11)5-6(10)8-3-2-4-14-8/h2-5,11H,1H3. The van der Waals surface area contributed by atoms with Gasteiger partial charge in [-0.15, -0.1) is 0 Å². The van der Waals surface area contributed by atoms with E-state index >= 15 is 0 Å². The molecule has 0 saturated heterocycles. The number of rotatable bonds is 3. The quantitative estimate of drug-likeness (QED) is 0.338. The molecule has 5 heteroatoms. The summed E-state index contributed by atoms with van der Waals surface area (Å²) in [6.45, 7) is 0. The van der Waals surface area contributed by atoms with Crippen LogP contribution < -0.4 is 0 Å². The number of carbonyl (C=O) groups is 2. The summed E-state index contributed by atoms with van der Waals surface area (Å²) < 4.78 is 8.94. The molecule has 0 amide bonds. The number of furan rings is 1. The zero-order chi connectivity index (χ0) is 10.6. The van der Waals surface area contributed by atoms with Crippen molar-refractivity contribution in [3.63, 3.8) is 0 Å². The molecule has 0 aliphatic heterocycles. The van der Waals surface area contributed by atoms with Crippen LogP contribution in [0.1, 0.15) is 10.6 Å². The second kappa shape index (κ2) is 4.27. The van der Waals surface area contributed by atoms with Crippen molar-refractivity contribution in [3.8, 4) is 0 Å². The highest BCUT2D eigenvalue weighted by Crippen LogP contribution is 2.04. The summed E-state index contributed by atoms with van der Waals surface area (Å²) in [5.41, 5.74) is 0. The molecular weight excluding hydrogens is 188 g/mol. The second-order valence-corrected chi connectivity index (χ2v) is 2.36. The highest BCUT2D eigenvalue weighted by Gasteiger charge is 2.12. The van der Waals surface area contributed by atoms with Gasteiger partial charge in [-0.25, -0.2) is 4.79 Å². The van der Waals surface area contributed by atoms with E-state index in [0.717, 1.165) is 13.2 Å². The zero-order valence-electron chi connectivity index (χ0n) is 7.39. The zero-order valence-corrected chi connectivity index (χ0v) is 7.39. The molecule has 74 valence electrons. The number of ether oxygens (including phenoxy) is 1. The average Bonchev–Trinajstić information content (AvgIpc) is 2.69. The van der Waals surface area contributed by atoms with Crippen molar-refractivity contribution in [3.05, 3.63) is 36.0 Å². The Morgan fingerprint density at radius 1 is 1.57 bits per heavy atom. The third-order valence-electron chi connectivity index (χ3n) is 1.43. The lowest BCUT2D eigenvalue weighted by molar-refractivity contribution is -0.139. The van der Waals surface area contributed by atoms with E-state index in [1.54, 1.807) is 0 Å². The summed E-state index contributed by atoms with van der Waals surface area (Å²) in [4.78, 5) is 21.9. The number of carbonyl (C=O) groups excluding carboxylic acids is 2. The van der Waals surface area contributed by atoms with E-state index in [1.165, 1.54) is 18.4 Å². The molecule has 0 saturated carbocycles. The van der Waals surface area contributed by atoms with E-state index < -0.39 is 17.5 Å². The SMILES string of the molecule is COC(=O)C(O)=CC(=O)c1ccco1. The fraction of sp³-hybridized carbons (Fsp3) is 0.111. The first-order chi connectivity index (χ1) is 6.65. The van der Waals surface area contributed by atoms with Crippen LogP contribution in [0.5, 0.6) is 0 Å². The molecule has 1 heterocycles. The molecule has 1 rings (SSSR count). The van der Waals surface area contributed by atoms with E-state index in [9.17, 15) is 9.59 Å². The van der Waals surface area contributed by atoms with Crippen molar-refractivity contribution in [1.82, 2.24) is 0 Å². The van der Waals surface area contributed by atoms with Gasteiger partial charge in [-0.05, 0) is 12.1 Å². The van der Waals surface area contributed by atoms with E-state index in [2.05, 4.69) is 4.74 Å². The number of aliphatic hydroxyl groups is 1. The minimum Gasteiger partial charge on any atom is -0.502 e. The van der Waals surface area contributed by atoms with Gasteiger partial charge in [-0.3, -0.25) is 4.79 Å². The molecule has 0 unspecified atom stereocenters. The summed E-state index contributed by atoms with van der Waals surface area (Å²) in [6, 6.07) is 2.94. The van der Waals surface area contributed by atoms with Gasteiger partial charge in [-0.2, -0.15) is 0 Å². The van der Waals surface area contributed by atoms with Crippen molar-refractivity contribution >= 4 is 11.8 Å². The highest BCUT2D eigenvalue weighted by molar-refractivity contribution is 6.06.